The lowest BCUT2D eigenvalue weighted by molar-refractivity contribution is 0.0221. The Kier molecular flexibility index (Phi) is 5.47. The Hall–Kier alpha value is -2.11. The van der Waals surface area contributed by atoms with Crippen molar-refractivity contribution in [1.82, 2.24) is 4.90 Å². The number of nitrogens with zero attached hydrogens (tertiary/aromatic N) is 1. The van der Waals surface area contributed by atoms with E-state index in [0.29, 0.717) is 23.8 Å². The van der Waals surface area contributed by atoms with Gasteiger partial charge in [0.2, 0.25) is 0 Å². The largest absolute Gasteiger partial charge is 0.496 e. The molecule has 6 nitrogen and oxygen atoms in total. The Morgan fingerprint density at radius 1 is 1.08 bits per heavy atom. The molecule has 0 bridgehead atoms. The molecule has 0 aliphatic carbocycles. The first-order valence-electron chi connectivity index (χ1n) is 8.10. The van der Waals surface area contributed by atoms with Crippen LogP contribution in [-0.4, -0.2) is 44.5 Å². The highest BCUT2D eigenvalue weighted by Gasteiger charge is 2.36. The van der Waals surface area contributed by atoms with E-state index in [4.69, 9.17) is 18.9 Å². The predicted octanol–water partition coefficient (Wildman–Crippen LogP) is 3.78. The summed E-state index contributed by atoms with van der Waals surface area (Å²) < 4.78 is 21.9. The van der Waals surface area contributed by atoms with Crippen LogP contribution in [0.2, 0.25) is 0 Å². The summed E-state index contributed by atoms with van der Waals surface area (Å²) in [5.41, 5.74) is 0.322. The molecule has 1 fully saturated rings. The number of methoxy groups -OCH3 is 3. The van der Waals surface area contributed by atoms with E-state index >= 15 is 0 Å². The second-order valence-corrected chi connectivity index (χ2v) is 6.78. The van der Waals surface area contributed by atoms with Crippen LogP contribution in [0.4, 0.5) is 4.79 Å². The van der Waals surface area contributed by atoms with Crippen molar-refractivity contribution in [3.05, 3.63) is 17.7 Å². The van der Waals surface area contributed by atoms with Crippen LogP contribution in [-0.2, 0) is 4.74 Å². The summed E-state index contributed by atoms with van der Waals surface area (Å²) in [6.07, 6.45) is 1.42. The SMILES string of the molecule is COc1cc(OC)c(C2CCCN2C(=O)OC(C)(C)C)c(OC)c1. The fourth-order valence-electron chi connectivity index (χ4n) is 2.97. The smallest absolute Gasteiger partial charge is 0.410 e. The van der Waals surface area contributed by atoms with Crippen molar-refractivity contribution in [3.63, 3.8) is 0 Å². The van der Waals surface area contributed by atoms with E-state index in [-0.39, 0.29) is 12.1 Å². The van der Waals surface area contributed by atoms with E-state index in [1.165, 1.54) is 0 Å². The van der Waals surface area contributed by atoms with Gasteiger partial charge in [-0.05, 0) is 33.6 Å². The molecule has 134 valence electrons. The fraction of sp³-hybridized carbons (Fsp3) is 0.611. The molecule has 24 heavy (non-hydrogen) atoms. The molecule has 1 amide bonds. The molecule has 0 N–H and O–H groups in total. The van der Waals surface area contributed by atoms with Crippen LogP contribution >= 0.6 is 0 Å². The first-order chi connectivity index (χ1) is 11.3. The Labute approximate surface area is 143 Å². The zero-order valence-corrected chi connectivity index (χ0v) is 15.3. The maximum absolute atomic E-state index is 12.6. The fourth-order valence-corrected chi connectivity index (χ4v) is 2.97. The van der Waals surface area contributed by atoms with Gasteiger partial charge in [0.1, 0.15) is 22.8 Å². The maximum Gasteiger partial charge on any atom is 0.410 e. The minimum absolute atomic E-state index is 0.143. The lowest BCUT2D eigenvalue weighted by atomic mass is 10.0. The molecule has 1 unspecified atom stereocenters. The van der Waals surface area contributed by atoms with Crippen molar-refractivity contribution in [3.8, 4) is 17.2 Å². The number of carbonyl (C=O) groups excluding carboxylic acids is 1. The number of hydrogen-bond donors (Lipinski definition) is 0. The Bertz CT molecular complexity index is 569. The van der Waals surface area contributed by atoms with Gasteiger partial charge in [-0.25, -0.2) is 4.79 Å². The first-order valence-corrected chi connectivity index (χ1v) is 8.10. The molecule has 0 spiro atoms. The van der Waals surface area contributed by atoms with E-state index in [9.17, 15) is 4.79 Å². The third kappa shape index (κ3) is 3.86. The molecule has 1 aliphatic rings. The minimum Gasteiger partial charge on any atom is -0.496 e. The predicted molar refractivity (Wildman–Crippen MR) is 91.0 cm³/mol. The van der Waals surface area contributed by atoms with Gasteiger partial charge in [0.15, 0.2) is 0 Å². The molecular weight excluding hydrogens is 310 g/mol. The molecule has 1 atom stereocenters. The van der Waals surface area contributed by atoms with Crippen LogP contribution in [0.3, 0.4) is 0 Å². The number of amides is 1. The van der Waals surface area contributed by atoms with Crippen molar-refractivity contribution in [1.29, 1.82) is 0 Å². The third-order valence-electron chi connectivity index (χ3n) is 3.97. The van der Waals surface area contributed by atoms with Gasteiger partial charge in [0.25, 0.3) is 0 Å². The Balaban J connectivity index is 2.40. The lowest BCUT2D eigenvalue weighted by Gasteiger charge is -2.30. The van der Waals surface area contributed by atoms with Crippen LogP contribution in [0.25, 0.3) is 0 Å². The van der Waals surface area contributed by atoms with Crippen LogP contribution in [0.1, 0.15) is 45.2 Å². The second-order valence-electron chi connectivity index (χ2n) is 6.78. The molecule has 1 saturated heterocycles. The van der Waals surface area contributed by atoms with Gasteiger partial charge in [-0.15, -0.1) is 0 Å². The molecule has 0 aromatic heterocycles. The summed E-state index contributed by atoms with van der Waals surface area (Å²) in [6.45, 7) is 6.25. The van der Waals surface area contributed by atoms with Gasteiger partial charge < -0.3 is 23.8 Å². The third-order valence-corrected chi connectivity index (χ3v) is 3.97. The number of carbonyl (C=O) groups is 1. The number of benzene rings is 1. The highest BCUT2D eigenvalue weighted by molar-refractivity contribution is 5.70. The number of ether oxygens (including phenoxy) is 4. The normalized spacial score (nSPS) is 17.6. The molecular formula is C18H27NO5. The zero-order chi connectivity index (χ0) is 17.9. The summed E-state index contributed by atoms with van der Waals surface area (Å²) in [4.78, 5) is 14.3. The van der Waals surface area contributed by atoms with Gasteiger partial charge >= 0.3 is 6.09 Å². The van der Waals surface area contributed by atoms with Crippen LogP contribution in [0, 0.1) is 0 Å². The van der Waals surface area contributed by atoms with Crippen molar-refractivity contribution < 1.29 is 23.7 Å². The van der Waals surface area contributed by atoms with Gasteiger partial charge in [-0.2, -0.15) is 0 Å². The first kappa shape index (κ1) is 18.2. The van der Waals surface area contributed by atoms with Gasteiger partial charge in [-0.3, -0.25) is 0 Å². The molecule has 1 heterocycles. The monoisotopic (exact) mass is 337 g/mol. The van der Waals surface area contributed by atoms with E-state index in [1.54, 1.807) is 26.2 Å². The van der Waals surface area contributed by atoms with E-state index < -0.39 is 5.60 Å². The average Bonchev–Trinajstić information content (AvgIpc) is 3.01. The van der Waals surface area contributed by atoms with Crippen molar-refractivity contribution >= 4 is 6.09 Å². The molecule has 1 aromatic rings. The second kappa shape index (κ2) is 7.20. The van der Waals surface area contributed by atoms with Crippen molar-refractivity contribution in [2.24, 2.45) is 0 Å². The molecule has 0 saturated carbocycles. The minimum atomic E-state index is -0.529. The van der Waals surface area contributed by atoms with Crippen LogP contribution in [0.5, 0.6) is 17.2 Å². The summed E-state index contributed by atoms with van der Waals surface area (Å²) in [5, 5.41) is 0. The van der Waals surface area contributed by atoms with Crippen LogP contribution < -0.4 is 14.2 Å². The summed E-state index contributed by atoms with van der Waals surface area (Å²) in [7, 11) is 4.80. The molecule has 2 rings (SSSR count). The molecule has 1 aromatic carbocycles. The van der Waals surface area contributed by atoms with Crippen molar-refractivity contribution in [2.45, 2.75) is 45.3 Å². The van der Waals surface area contributed by atoms with Crippen LogP contribution in [0.15, 0.2) is 12.1 Å². The van der Waals surface area contributed by atoms with E-state index in [1.807, 2.05) is 32.9 Å². The average molecular weight is 337 g/mol. The Morgan fingerprint density at radius 3 is 2.12 bits per heavy atom. The zero-order valence-electron chi connectivity index (χ0n) is 15.3. The maximum atomic E-state index is 12.6. The summed E-state index contributed by atoms with van der Waals surface area (Å²) in [5.74, 6) is 1.94. The van der Waals surface area contributed by atoms with Gasteiger partial charge in [0, 0.05) is 18.7 Å². The molecule has 0 radical (unpaired) electrons. The highest BCUT2D eigenvalue weighted by atomic mass is 16.6. The van der Waals surface area contributed by atoms with E-state index in [0.717, 1.165) is 18.4 Å². The number of rotatable bonds is 4. The quantitative estimate of drug-likeness (QED) is 0.837. The number of likely N-dealkylation sites (tertiary alicyclic amines) is 1. The number of hydrogen-bond acceptors (Lipinski definition) is 5. The molecule has 1 aliphatic heterocycles. The van der Waals surface area contributed by atoms with Crippen molar-refractivity contribution in [2.75, 3.05) is 27.9 Å². The summed E-state index contributed by atoms with van der Waals surface area (Å²) in [6, 6.07) is 3.48. The Morgan fingerprint density at radius 2 is 1.67 bits per heavy atom. The lowest BCUT2D eigenvalue weighted by Crippen LogP contribution is -2.36. The summed E-state index contributed by atoms with van der Waals surface area (Å²) >= 11 is 0. The van der Waals surface area contributed by atoms with Gasteiger partial charge in [-0.1, -0.05) is 0 Å². The highest BCUT2D eigenvalue weighted by Crippen LogP contribution is 2.45. The molecule has 6 heteroatoms. The van der Waals surface area contributed by atoms with Gasteiger partial charge in [0.05, 0.1) is 32.9 Å². The standard InChI is InChI=1S/C18H27NO5/c1-18(2,3)24-17(20)19-9-7-8-13(19)16-14(22-5)10-12(21-4)11-15(16)23-6/h10-11,13H,7-9H2,1-6H3. The van der Waals surface area contributed by atoms with E-state index in [2.05, 4.69) is 0 Å². The topological polar surface area (TPSA) is 57.2 Å².